The SMILES string of the molecule is Cc1c(C(=O)Nc2ccc(C(F)(F)F)cc2)sc2ncn(C)c(=O)c12. The molecule has 3 aromatic rings. The minimum atomic E-state index is -4.43. The van der Waals surface area contributed by atoms with E-state index in [9.17, 15) is 22.8 Å². The maximum Gasteiger partial charge on any atom is 0.416 e. The molecule has 0 bridgehead atoms. The highest BCUT2D eigenvalue weighted by molar-refractivity contribution is 7.20. The second kappa shape index (κ2) is 5.99. The summed E-state index contributed by atoms with van der Waals surface area (Å²) in [6.07, 6.45) is -3.06. The Kier molecular flexibility index (Phi) is 4.11. The van der Waals surface area contributed by atoms with Gasteiger partial charge in [0.25, 0.3) is 11.5 Å². The lowest BCUT2D eigenvalue weighted by Crippen LogP contribution is -2.17. The first kappa shape index (κ1) is 17.2. The van der Waals surface area contributed by atoms with Crippen molar-refractivity contribution in [3.8, 4) is 0 Å². The Bertz CT molecular complexity index is 1020. The molecule has 25 heavy (non-hydrogen) atoms. The molecule has 2 heterocycles. The molecule has 1 amide bonds. The van der Waals surface area contributed by atoms with Gasteiger partial charge in [-0.05, 0) is 36.8 Å². The van der Waals surface area contributed by atoms with Crippen LogP contribution < -0.4 is 10.9 Å². The van der Waals surface area contributed by atoms with Crippen LogP contribution in [-0.2, 0) is 13.2 Å². The van der Waals surface area contributed by atoms with Crippen LogP contribution >= 0.6 is 11.3 Å². The average molecular weight is 367 g/mol. The van der Waals surface area contributed by atoms with Crippen LogP contribution in [0.5, 0.6) is 0 Å². The quantitative estimate of drug-likeness (QED) is 0.753. The van der Waals surface area contributed by atoms with Gasteiger partial charge in [0, 0.05) is 12.7 Å². The molecule has 9 heteroatoms. The number of halogens is 3. The second-order valence-electron chi connectivity index (χ2n) is 5.43. The van der Waals surface area contributed by atoms with Gasteiger partial charge in [-0.15, -0.1) is 11.3 Å². The van der Waals surface area contributed by atoms with E-state index >= 15 is 0 Å². The third-order valence-corrected chi connectivity index (χ3v) is 4.89. The molecule has 1 aromatic carbocycles. The fourth-order valence-electron chi connectivity index (χ4n) is 2.36. The average Bonchev–Trinajstić information content (AvgIpc) is 2.88. The molecule has 0 atom stereocenters. The largest absolute Gasteiger partial charge is 0.416 e. The number of anilines is 1. The molecule has 3 rings (SSSR count). The Morgan fingerprint density at radius 1 is 1.24 bits per heavy atom. The van der Waals surface area contributed by atoms with E-state index in [0.717, 1.165) is 23.5 Å². The zero-order valence-electron chi connectivity index (χ0n) is 13.1. The monoisotopic (exact) mass is 367 g/mol. The van der Waals surface area contributed by atoms with Gasteiger partial charge in [-0.2, -0.15) is 13.2 Å². The molecule has 0 saturated heterocycles. The zero-order valence-corrected chi connectivity index (χ0v) is 14.0. The van der Waals surface area contributed by atoms with E-state index in [-0.39, 0.29) is 11.2 Å². The van der Waals surface area contributed by atoms with E-state index < -0.39 is 17.6 Å². The molecular formula is C16H12F3N3O2S. The third-order valence-electron chi connectivity index (χ3n) is 3.69. The van der Waals surface area contributed by atoms with Crippen LogP contribution in [0.15, 0.2) is 35.4 Å². The van der Waals surface area contributed by atoms with Gasteiger partial charge < -0.3 is 9.88 Å². The first-order valence-electron chi connectivity index (χ1n) is 7.12. The Morgan fingerprint density at radius 2 is 1.88 bits per heavy atom. The maximum atomic E-state index is 12.6. The van der Waals surface area contributed by atoms with E-state index in [0.29, 0.717) is 20.7 Å². The first-order chi connectivity index (χ1) is 11.7. The Labute approximate surface area is 143 Å². The minimum absolute atomic E-state index is 0.232. The highest BCUT2D eigenvalue weighted by Gasteiger charge is 2.30. The highest BCUT2D eigenvalue weighted by Crippen LogP contribution is 2.31. The number of thiophene rings is 1. The number of aromatic nitrogens is 2. The molecule has 0 spiro atoms. The summed E-state index contributed by atoms with van der Waals surface area (Å²) in [7, 11) is 1.56. The van der Waals surface area contributed by atoms with Crippen LogP contribution in [0.3, 0.4) is 0 Å². The van der Waals surface area contributed by atoms with Crippen LogP contribution in [0, 0.1) is 6.92 Å². The van der Waals surface area contributed by atoms with Crippen molar-refractivity contribution >= 4 is 33.1 Å². The topological polar surface area (TPSA) is 64.0 Å². The van der Waals surface area contributed by atoms with Crippen molar-refractivity contribution in [1.29, 1.82) is 0 Å². The van der Waals surface area contributed by atoms with Crippen LogP contribution in [0.25, 0.3) is 10.2 Å². The summed E-state index contributed by atoms with van der Waals surface area (Å²) < 4.78 is 39.0. The van der Waals surface area contributed by atoms with Crippen molar-refractivity contribution in [3.63, 3.8) is 0 Å². The lowest BCUT2D eigenvalue weighted by Gasteiger charge is -2.08. The summed E-state index contributed by atoms with van der Waals surface area (Å²) in [4.78, 5) is 29.5. The molecule has 0 unspecified atom stereocenters. The number of nitrogens with zero attached hydrogens (tertiary/aromatic N) is 2. The lowest BCUT2D eigenvalue weighted by atomic mass is 10.2. The fraction of sp³-hybridized carbons (Fsp3) is 0.188. The van der Waals surface area contributed by atoms with Crippen LogP contribution in [0.4, 0.5) is 18.9 Å². The smallest absolute Gasteiger partial charge is 0.321 e. The van der Waals surface area contributed by atoms with Gasteiger partial charge in [0.05, 0.1) is 22.2 Å². The number of nitrogens with one attached hydrogen (secondary N) is 1. The lowest BCUT2D eigenvalue weighted by molar-refractivity contribution is -0.137. The first-order valence-corrected chi connectivity index (χ1v) is 7.93. The summed E-state index contributed by atoms with van der Waals surface area (Å²) in [6, 6.07) is 4.15. The number of amides is 1. The van der Waals surface area contributed by atoms with Gasteiger partial charge in [-0.3, -0.25) is 9.59 Å². The van der Waals surface area contributed by atoms with Crippen LogP contribution in [-0.4, -0.2) is 15.5 Å². The number of aryl methyl sites for hydroxylation is 2. The van der Waals surface area contributed by atoms with Crippen molar-refractivity contribution in [2.24, 2.45) is 7.05 Å². The molecule has 5 nitrogen and oxygen atoms in total. The second-order valence-corrected chi connectivity index (χ2v) is 6.43. The molecular weight excluding hydrogens is 355 g/mol. The van der Waals surface area contributed by atoms with Crippen LogP contribution in [0.2, 0.25) is 0 Å². The van der Waals surface area contributed by atoms with E-state index in [4.69, 9.17) is 0 Å². The van der Waals surface area contributed by atoms with Crippen molar-refractivity contribution in [1.82, 2.24) is 9.55 Å². The molecule has 0 aliphatic heterocycles. The zero-order chi connectivity index (χ0) is 18.4. The number of carbonyl (C=O) groups excluding carboxylic acids is 1. The Balaban J connectivity index is 1.92. The molecule has 0 fully saturated rings. The van der Waals surface area contributed by atoms with Gasteiger partial charge >= 0.3 is 6.18 Å². The predicted octanol–water partition coefficient (Wildman–Crippen LogP) is 3.57. The van der Waals surface area contributed by atoms with Gasteiger partial charge in [0.15, 0.2) is 0 Å². The predicted molar refractivity (Wildman–Crippen MR) is 89.0 cm³/mol. The molecule has 0 aliphatic carbocycles. The highest BCUT2D eigenvalue weighted by atomic mass is 32.1. The van der Waals surface area contributed by atoms with E-state index in [1.54, 1.807) is 14.0 Å². The Morgan fingerprint density at radius 3 is 2.48 bits per heavy atom. The van der Waals surface area contributed by atoms with E-state index in [2.05, 4.69) is 10.3 Å². The van der Waals surface area contributed by atoms with Crippen molar-refractivity contribution in [2.45, 2.75) is 13.1 Å². The fourth-order valence-corrected chi connectivity index (χ4v) is 3.39. The van der Waals surface area contributed by atoms with Crippen molar-refractivity contribution in [3.05, 3.63) is 57.0 Å². The standard InChI is InChI=1S/C16H12F3N3O2S/c1-8-11-14(20-7-22(2)15(11)24)25-12(8)13(23)21-10-5-3-9(4-6-10)16(17,18)19/h3-7H,1-2H3,(H,21,23). The number of fused-ring (bicyclic) bond motifs is 1. The van der Waals surface area contributed by atoms with Gasteiger partial charge in [-0.1, -0.05) is 0 Å². The maximum absolute atomic E-state index is 12.6. The number of hydrogen-bond donors (Lipinski definition) is 1. The number of carbonyl (C=O) groups is 1. The summed E-state index contributed by atoms with van der Waals surface area (Å²) in [5, 5.41) is 2.91. The summed E-state index contributed by atoms with van der Waals surface area (Å²) in [5.41, 5.74) is -0.322. The molecule has 0 radical (unpaired) electrons. The van der Waals surface area contributed by atoms with Crippen molar-refractivity contribution in [2.75, 3.05) is 5.32 Å². The number of benzene rings is 1. The number of alkyl halides is 3. The van der Waals surface area contributed by atoms with Crippen molar-refractivity contribution < 1.29 is 18.0 Å². The van der Waals surface area contributed by atoms with Gasteiger partial charge in [0.1, 0.15) is 4.83 Å². The summed E-state index contributed by atoms with van der Waals surface area (Å²) in [5.74, 6) is -0.498. The summed E-state index contributed by atoms with van der Waals surface area (Å²) >= 11 is 1.07. The molecule has 1 N–H and O–H groups in total. The van der Waals surface area contributed by atoms with Gasteiger partial charge in [-0.25, -0.2) is 4.98 Å². The third kappa shape index (κ3) is 3.14. The Hall–Kier alpha value is -2.68. The summed E-state index contributed by atoms with van der Waals surface area (Å²) in [6.45, 7) is 1.64. The minimum Gasteiger partial charge on any atom is -0.321 e. The van der Waals surface area contributed by atoms with Crippen LogP contribution in [0.1, 0.15) is 20.8 Å². The molecule has 130 valence electrons. The molecule has 2 aromatic heterocycles. The molecule has 0 aliphatic rings. The van der Waals surface area contributed by atoms with Gasteiger partial charge in [0.2, 0.25) is 0 Å². The van der Waals surface area contributed by atoms with E-state index in [1.165, 1.54) is 23.0 Å². The number of hydrogen-bond acceptors (Lipinski definition) is 4. The molecule has 0 saturated carbocycles. The normalized spacial score (nSPS) is 11.7. The van der Waals surface area contributed by atoms with E-state index in [1.807, 2.05) is 0 Å². The number of rotatable bonds is 2.